The molecule has 0 fully saturated rings. The number of hydrogen-bond acceptors (Lipinski definition) is 3. The second-order valence-electron chi connectivity index (χ2n) is 3.43. The van der Waals surface area contributed by atoms with Crippen LogP contribution in [0.3, 0.4) is 0 Å². The van der Waals surface area contributed by atoms with Crippen molar-refractivity contribution in [1.82, 2.24) is 9.38 Å². The number of pyridine rings is 1. The van der Waals surface area contributed by atoms with E-state index < -0.39 is 29.0 Å². The molecule has 0 aromatic carbocycles. The van der Waals surface area contributed by atoms with E-state index in [-0.39, 0.29) is 5.65 Å². The van der Waals surface area contributed by atoms with E-state index in [2.05, 4.69) is 4.98 Å². The summed E-state index contributed by atoms with van der Waals surface area (Å²) in [6.45, 7) is 0. The molecule has 0 atom stereocenters. The normalized spacial score (nSPS) is 11.7. The molecule has 0 aliphatic rings. The van der Waals surface area contributed by atoms with E-state index in [1.165, 1.54) is 0 Å². The van der Waals surface area contributed by atoms with Gasteiger partial charge in [-0.05, 0) is 12.1 Å². The van der Waals surface area contributed by atoms with Gasteiger partial charge in [0, 0.05) is 12.3 Å². The molecule has 0 aliphatic heterocycles. The van der Waals surface area contributed by atoms with Gasteiger partial charge in [0.25, 0.3) is 5.56 Å². The maximum Gasteiger partial charge on any atom is 0.417 e. The predicted octanol–water partition coefficient (Wildman–Crippen LogP) is 1.41. The average molecular weight is 258 g/mol. The van der Waals surface area contributed by atoms with Crippen LogP contribution in [0.4, 0.5) is 13.2 Å². The van der Waals surface area contributed by atoms with Gasteiger partial charge in [0.05, 0.1) is 5.56 Å². The fourth-order valence-corrected chi connectivity index (χ4v) is 1.38. The van der Waals surface area contributed by atoms with E-state index in [1.807, 2.05) is 0 Å². The fourth-order valence-electron chi connectivity index (χ4n) is 1.38. The van der Waals surface area contributed by atoms with Crippen molar-refractivity contribution < 1.29 is 23.1 Å². The zero-order valence-corrected chi connectivity index (χ0v) is 8.60. The highest BCUT2D eigenvalue weighted by Crippen LogP contribution is 2.28. The number of halogens is 3. The van der Waals surface area contributed by atoms with Crippen LogP contribution in [0.5, 0.6) is 0 Å². The van der Waals surface area contributed by atoms with Crippen LogP contribution in [0, 0.1) is 0 Å². The van der Waals surface area contributed by atoms with E-state index in [9.17, 15) is 22.8 Å². The Balaban J connectivity index is 2.74. The summed E-state index contributed by atoms with van der Waals surface area (Å²) in [5.74, 6) is -1.42. The predicted molar refractivity (Wildman–Crippen MR) is 53.4 cm³/mol. The van der Waals surface area contributed by atoms with Gasteiger partial charge in [0.1, 0.15) is 5.65 Å². The maximum absolute atomic E-state index is 12.4. The fraction of sp³-hybridized carbons (Fsp3) is 0.100. The summed E-state index contributed by atoms with van der Waals surface area (Å²) in [6.07, 6.45) is -4.00. The molecule has 0 spiro atoms. The molecule has 2 heterocycles. The highest BCUT2D eigenvalue weighted by molar-refractivity contribution is 5.85. The van der Waals surface area contributed by atoms with Crippen LogP contribution in [-0.4, -0.2) is 20.5 Å². The molecule has 2 aromatic heterocycles. The number of carbonyl (C=O) groups is 1. The average Bonchev–Trinajstić information content (AvgIpc) is 2.27. The summed E-state index contributed by atoms with van der Waals surface area (Å²) >= 11 is 0. The third kappa shape index (κ3) is 2.04. The minimum absolute atomic E-state index is 0.159. The number of fused-ring (bicyclic) bond motifs is 1. The summed E-state index contributed by atoms with van der Waals surface area (Å²) in [4.78, 5) is 25.7. The molecule has 94 valence electrons. The van der Waals surface area contributed by atoms with Gasteiger partial charge in [-0.1, -0.05) is 0 Å². The molecule has 0 bridgehead atoms. The monoisotopic (exact) mass is 258 g/mol. The van der Waals surface area contributed by atoms with Crippen LogP contribution in [0.15, 0.2) is 29.2 Å². The van der Waals surface area contributed by atoms with Crippen LogP contribution in [0.2, 0.25) is 0 Å². The number of carboxylic acids is 1. The minimum atomic E-state index is -4.58. The summed E-state index contributed by atoms with van der Waals surface area (Å²) in [5, 5.41) is 8.66. The second-order valence-corrected chi connectivity index (χ2v) is 3.43. The van der Waals surface area contributed by atoms with Crippen LogP contribution < -0.4 is 5.56 Å². The molecule has 2 aromatic rings. The smallest absolute Gasteiger partial charge is 0.417 e. The van der Waals surface area contributed by atoms with Gasteiger partial charge in [-0.25, -0.2) is 9.78 Å². The van der Waals surface area contributed by atoms with Crippen molar-refractivity contribution in [2.75, 3.05) is 0 Å². The van der Waals surface area contributed by atoms with Crippen LogP contribution in [0.1, 0.15) is 16.1 Å². The number of nitrogens with zero attached hydrogens (tertiary/aromatic N) is 2. The first-order valence-corrected chi connectivity index (χ1v) is 4.63. The summed E-state index contributed by atoms with van der Waals surface area (Å²) in [6, 6.07) is 2.33. The zero-order chi connectivity index (χ0) is 13.5. The van der Waals surface area contributed by atoms with Crippen molar-refractivity contribution in [3.8, 4) is 0 Å². The molecule has 18 heavy (non-hydrogen) atoms. The first-order valence-electron chi connectivity index (χ1n) is 4.63. The van der Waals surface area contributed by atoms with Gasteiger partial charge in [-0.3, -0.25) is 9.20 Å². The molecule has 2 rings (SSSR count). The Morgan fingerprint density at radius 3 is 2.56 bits per heavy atom. The van der Waals surface area contributed by atoms with Crippen molar-refractivity contribution in [2.45, 2.75) is 6.18 Å². The lowest BCUT2D eigenvalue weighted by molar-refractivity contribution is -0.137. The van der Waals surface area contributed by atoms with Crippen LogP contribution in [-0.2, 0) is 6.18 Å². The minimum Gasteiger partial charge on any atom is -0.477 e. The summed E-state index contributed by atoms with van der Waals surface area (Å²) in [7, 11) is 0. The highest BCUT2D eigenvalue weighted by Gasteiger charge is 2.31. The lowest BCUT2D eigenvalue weighted by Crippen LogP contribution is -2.19. The number of alkyl halides is 3. The molecule has 5 nitrogen and oxygen atoms in total. The van der Waals surface area contributed by atoms with Crippen molar-refractivity contribution in [2.24, 2.45) is 0 Å². The lowest BCUT2D eigenvalue weighted by Gasteiger charge is -2.08. The second kappa shape index (κ2) is 3.83. The molecule has 0 aliphatic carbocycles. The van der Waals surface area contributed by atoms with Gasteiger partial charge in [0.2, 0.25) is 0 Å². The van der Waals surface area contributed by atoms with Crippen LogP contribution in [0.25, 0.3) is 5.65 Å². The first kappa shape index (κ1) is 12.1. The Hall–Kier alpha value is -2.38. The maximum atomic E-state index is 12.4. The zero-order valence-electron chi connectivity index (χ0n) is 8.60. The highest BCUT2D eigenvalue weighted by atomic mass is 19.4. The van der Waals surface area contributed by atoms with Gasteiger partial charge in [-0.2, -0.15) is 13.2 Å². The van der Waals surface area contributed by atoms with E-state index in [1.54, 1.807) is 0 Å². The quantitative estimate of drug-likeness (QED) is 0.839. The van der Waals surface area contributed by atoms with Crippen molar-refractivity contribution in [1.29, 1.82) is 0 Å². The molecular formula is C10H5F3N2O3. The summed E-state index contributed by atoms with van der Waals surface area (Å²) in [5.41, 5.74) is -2.57. The Kier molecular flexibility index (Phi) is 2.57. The van der Waals surface area contributed by atoms with Gasteiger partial charge >= 0.3 is 12.1 Å². The third-order valence-electron chi connectivity index (χ3n) is 2.21. The van der Waals surface area contributed by atoms with Crippen LogP contribution >= 0.6 is 0 Å². The molecule has 0 unspecified atom stereocenters. The molecule has 1 N–H and O–H groups in total. The van der Waals surface area contributed by atoms with Crippen molar-refractivity contribution in [3.63, 3.8) is 0 Å². The molecular weight excluding hydrogens is 253 g/mol. The molecule has 8 heteroatoms. The van der Waals surface area contributed by atoms with Gasteiger partial charge < -0.3 is 5.11 Å². The standard InChI is InChI=1S/C10H5F3N2O3/c11-10(12,13)5-1-2-7-14-6(9(17)18)3-8(16)15(7)4-5/h1-4H,(H,17,18). The molecule has 0 saturated carbocycles. The Morgan fingerprint density at radius 2 is 2.00 bits per heavy atom. The van der Waals surface area contributed by atoms with E-state index in [0.29, 0.717) is 16.7 Å². The number of aromatic nitrogens is 2. The molecule has 0 radical (unpaired) electrons. The number of rotatable bonds is 1. The lowest BCUT2D eigenvalue weighted by atomic mass is 10.2. The number of carboxylic acid groups (broad SMARTS) is 1. The van der Waals surface area contributed by atoms with Crippen molar-refractivity contribution in [3.05, 3.63) is 46.0 Å². The first-order chi connectivity index (χ1) is 8.29. The topological polar surface area (TPSA) is 71.7 Å². The largest absolute Gasteiger partial charge is 0.477 e. The summed E-state index contributed by atoms with van der Waals surface area (Å²) < 4.78 is 37.9. The van der Waals surface area contributed by atoms with E-state index >= 15 is 0 Å². The number of aromatic carboxylic acids is 1. The Bertz CT molecular complexity index is 691. The molecule has 0 amide bonds. The SMILES string of the molecule is O=C(O)c1cc(=O)n2cc(C(F)(F)F)ccc2n1. The van der Waals surface area contributed by atoms with Gasteiger partial charge in [0.15, 0.2) is 5.69 Å². The van der Waals surface area contributed by atoms with Gasteiger partial charge in [-0.15, -0.1) is 0 Å². The van der Waals surface area contributed by atoms with E-state index in [0.717, 1.165) is 12.1 Å². The molecule has 0 saturated heterocycles. The van der Waals surface area contributed by atoms with E-state index in [4.69, 9.17) is 5.11 Å². The van der Waals surface area contributed by atoms with Crippen molar-refractivity contribution >= 4 is 11.6 Å². The third-order valence-corrected chi connectivity index (χ3v) is 2.21. The Labute approximate surface area is 97.1 Å². The Morgan fingerprint density at radius 1 is 1.33 bits per heavy atom. The number of hydrogen-bond donors (Lipinski definition) is 1.